The van der Waals surface area contributed by atoms with E-state index in [1.165, 1.54) is 0 Å². The van der Waals surface area contributed by atoms with Gasteiger partial charge in [-0.05, 0) is 46.7 Å². The number of carbonyl (C=O) groups excluding carboxylic acids is 2. The third kappa shape index (κ3) is 10.1. The van der Waals surface area contributed by atoms with Crippen molar-refractivity contribution in [2.24, 2.45) is 5.92 Å². The zero-order chi connectivity index (χ0) is 14.3. The molecule has 0 aliphatic rings. The Morgan fingerprint density at radius 2 is 1.78 bits per heavy atom. The first-order valence-electron chi connectivity index (χ1n) is 6.40. The van der Waals surface area contributed by atoms with Crippen LogP contribution in [0.5, 0.6) is 0 Å². The van der Waals surface area contributed by atoms with E-state index in [0.29, 0.717) is 5.92 Å². The number of nitrogens with one attached hydrogen (secondary N) is 2. The van der Waals surface area contributed by atoms with Gasteiger partial charge in [0.25, 0.3) is 0 Å². The van der Waals surface area contributed by atoms with Gasteiger partial charge < -0.3 is 5.32 Å². The van der Waals surface area contributed by atoms with Gasteiger partial charge in [-0.3, -0.25) is 15.0 Å². The fourth-order valence-corrected chi connectivity index (χ4v) is 1.34. The summed E-state index contributed by atoms with van der Waals surface area (Å²) in [5, 5.41) is 5.01. The Labute approximate surface area is 110 Å². The number of likely N-dealkylation sites (N-methyl/N-ethyl adjacent to an activating group) is 1. The summed E-state index contributed by atoms with van der Waals surface area (Å²) in [5.41, 5.74) is -0.339. The molecule has 0 aliphatic heterocycles. The molecule has 0 aromatic rings. The molecule has 0 fully saturated rings. The van der Waals surface area contributed by atoms with Gasteiger partial charge in [0, 0.05) is 5.54 Å². The van der Waals surface area contributed by atoms with E-state index in [1.54, 1.807) is 0 Å². The first-order chi connectivity index (χ1) is 8.10. The van der Waals surface area contributed by atoms with Gasteiger partial charge in [-0.1, -0.05) is 13.8 Å². The Kier molecular flexibility index (Phi) is 6.91. The fraction of sp³-hybridized carbons (Fsp3) is 0.846. The molecule has 0 unspecified atom stereocenters. The number of amides is 3. The first kappa shape index (κ1) is 16.9. The summed E-state index contributed by atoms with van der Waals surface area (Å²) in [6.45, 7) is 11.0. The molecule has 0 aromatic heterocycles. The van der Waals surface area contributed by atoms with E-state index in [4.69, 9.17) is 0 Å². The Morgan fingerprint density at radius 1 is 1.22 bits per heavy atom. The van der Waals surface area contributed by atoms with Gasteiger partial charge in [0.05, 0.1) is 6.54 Å². The van der Waals surface area contributed by atoms with E-state index >= 15 is 0 Å². The third-order valence-corrected chi connectivity index (χ3v) is 2.24. The lowest BCUT2D eigenvalue weighted by molar-refractivity contribution is -0.120. The average Bonchev–Trinajstić information content (AvgIpc) is 2.10. The normalized spacial score (nSPS) is 11.8. The zero-order valence-corrected chi connectivity index (χ0v) is 12.5. The van der Waals surface area contributed by atoms with Crippen molar-refractivity contribution >= 4 is 11.9 Å². The van der Waals surface area contributed by atoms with Crippen LogP contribution in [0.25, 0.3) is 0 Å². The van der Waals surface area contributed by atoms with E-state index in [1.807, 2.05) is 32.7 Å². The van der Waals surface area contributed by atoms with Crippen molar-refractivity contribution in [3.8, 4) is 0 Å². The second-order valence-corrected chi connectivity index (χ2v) is 6.17. The highest BCUT2D eigenvalue weighted by Crippen LogP contribution is 2.00. The van der Waals surface area contributed by atoms with E-state index < -0.39 is 6.03 Å². The van der Waals surface area contributed by atoms with Crippen molar-refractivity contribution in [2.75, 3.05) is 20.1 Å². The predicted molar refractivity (Wildman–Crippen MR) is 73.4 cm³/mol. The van der Waals surface area contributed by atoms with Crippen LogP contribution in [0.1, 0.15) is 41.0 Å². The van der Waals surface area contributed by atoms with Crippen LogP contribution >= 0.6 is 0 Å². The van der Waals surface area contributed by atoms with E-state index in [2.05, 4.69) is 24.5 Å². The van der Waals surface area contributed by atoms with Crippen LogP contribution < -0.4 is 10.6 Å². The van der Waals surface area contributed by atoms with Crippen molar-refractivity contribution in [3.63, 3.8) is 0 Å². The maximum atomic E-state index is 11.6. The highest BCUT2D eigenvalue weighted by atomic mass is 16.2. The summed E-state index contributed by atoms with van der Waals surface area (Å²) in [7, 11) is 1.88. The van der Waals surface area contributed by atoms with Crippen LogP contribution in [0.4, 0.5) is 4.79 Å². The highest BCUT2D eigenvalue weighted by molar-refractivity contribution is 5.95. The summed E-state index contributed by atoms with van der Waals surface area (Å²) in [4.78, 5) is 25.0. The predicted octanol–water partition coefficient (Wildman–Crippen LogP) is 1.59. The van der Waals surface area contributed by atoms with Crippen molar-refractivity contribution in [1.29, 1.82) is 0 Å². The number of carbonyl (C=O) groups is 2. The zero-order valence-electron chi connectivity index (χ0n) is 12.5. The van der Waals surface area contributed by atoms with E-state index in [0.717, 1.165) is 13.0 Å². The van der Waals surface area contributed by atoms with Crippen LogP contribution in [-0.2, 0) is 4.79 Å². The molecule has 5 nitrogen and oxygen atoms in total. The molecule has 18 heavy (non-hydrogen) atoms. The summed E-state index contributed by atoms with van der Waals surface area (Å²) >= 11 is 0. The van der Waals surface area contributed by atoms with Crippen molar-refractivity contribution < 1.29 is 9.59 Å². The fourth-order valence-electron chi connectivity index (χ4n) is 1.34. The third-order valence-electron chi connectivity index (χ3n) is 2.24. The maximum Gasteiger partial charge on any atom is 0.321 e. The number of rotatable bonds is 5. The lowest BCUT2D eigenvalue weighted by Gasteiger charge is -2.21. The molecule has 106 valence electrons. The largest absolute Gasteiger partial charge is 0.333 e. The molecule has 5 heteroatoms. The van der Waals surface area contributed by atoms with Gasteiger partial charge in [0.2, 0.25) is 5.91 Å². The standard InChI is InChI=1S/C13H27N3O2/c1-10(2)7-8-16(6)9-11(17)14-12(18)15-13(3,4)5/h10H,7-9H2,1-6H3,(H2,14,15,17,18). The summed E-state index contributed by atoms with van der Waals surface area (Å²) in [5.74, 6) is 0.336. The topological polar surface area (TPSA) is 61.4 Å². The second kappa shape index (κ2) is 7.36. The lowest BCUT2D eigenvalue weighted by Crippen LogP contribution is -2.50. The number of hydrogen-bond acceptors (Lipinski definition) is 3. The lowest BCUT2D eigenvalue weighted by atomic mass is 10.1. The van der Waals surface area contributed by atoms with Gasteiger partial charge in [-0.15, -0.1) is 0 Å². The molecule has 0 aliphatic carbocycles. The van der Waals surface area contributed by atoms with Crippen LogP contribution in [-0.4, -0.2) is 42.5 Å². The first-order valence-corrected chi connectivity index (χ1v) is 6.40. The van der Waals surface area contributed by atoms with Gasteiger partial charge in [0.15, 0.2) is 0 Å². The van der Waals surface area contributed by atoms with Crippen LogP contribution in [0.3, 0.4) is 0 Å². The minimum atomic E-state index is -0.440. The molecule has 0 aromatic carbocycles. The minimum absolute atomic E-state index is 0.240. The van der Waals surface area contributed by atoms with Crippen molar-refractivity contribution in [3.05, 3.63) is 0 Å². The molecular weight excluding hydrogens is 230 g/mol. The Hall–Kier alpha value is -1.10. The van der Waals surface area contributed by atoms with Crippen LogP contribution in [0, 0.1) is 5.92 Å². The molecule has 0 heterocycles. The number of nitrogens with zero attached hydrogens (tertiary/aromatic N) is 1. The smallest absolute Gasteiger partial charge is 0.321 e. The summed E-state index contributed by atoms with van der Waals surface area (Å²) in [6.07, 6.45) is 1.04. The average molecular weight is 257 g/mol. The SMILES string of the molecule is CC(C)CCN(C)CC(=O)NC(=O)NC(C)(C)C. The molecule has 0 saturated carbocycles. The van der Waals surface area contributed by atoms with Gasteiger partial charge >= 0.3 is 6.03 Å². The molecule has 3 amide bonds. The summed E-state index contributed by atoms with van der Waals surface area (Å²) < 4.78 is 0. The highest BCUT2D eigenvalue weighted by Gasteiger charge is 2.16. The Morgan fingerprint density at radius 3 is 2.22 bits per heavy atom. The molecule has 0 atom stereocenters. The van der Waals surface area contributed by atoms with E-state index in [-0.39, 0.29) is 18.0 Å². The molecule has 2 N–H and O–H groups in total. The maximum absolute atomic E-state index is 11.6. The number of hydrogen-bond donors (Lipinski definition) is 2. The second-order valence-electron chi connectivity index (χ2n) is 6.17. The van der Waals surface area contributed by atoms with E-state index in [9.17, 15) is 9.59 Å². The van der Waals surface area contributed by atoms with Gasteiger partial charge in [-0.2, -0.15) is 0 Å². The number of urea groups is 1. The van der Waals surface area contributed by atoms with Crippen LogP contribution in [0.15, 0.2) is 0 Å². The van der Waals surface area contributed by atoms with Crippen molar-refractivity contribution in [1.82, 2.24) is 15.5 Å². The number of imide groups is 1. The molecule has 0 bridgehead atoms. The monoisotopic (exact) mass is 257 g/mol. The van der Waals surface area contributed by atoms with Crippen molar-refractivity contribution in [2.45, 2.75) is 46.6 Å². The van der Waals surface area contributed by atoms with Crippen LogP contribution in [0.2, 0.25) is 0 Å². The van der Waals surface area contributed by atoms with Gasteiger partial charge in [0.1, 0.15) is 0 Å². The Bertz CT molecular complexity index is 282. The molecule has 0 spiro atoms. The molecule has 0 saturated heterocycles. The van der Waals surface area contributed by atoms with Gasteiger partial charge in [-0.25, -0.2) is 4.79 Å². The minimum Gasteiger partial charge on any atom is -0.333 e. The molecular formula is C13H27N3O2. The molecule has 0 radical (unpaired) electrons. The molecule has 0 rings (SSSR count). The Balaban J connectivity index is 3.93. The quantitative estimate of drug-likeness (QED) is 0.786. The summed E-state index contributed by atoms with van der Waals surface area (Å²) in [6, 6.07) is -0.440.